The Morgan fingerprint density at radius 3 is 2.31 bits per heavy atom. The summed E-state index contributed by atoms with van der Waals surface area (Å²) in [6.07, 6.45) is -2.10. The number of ether oxygens (including phenoxy) is 1. The van der Waals surface area contributed by atoms with Crippen molar-refractivity contribution in [3.05, 3.63) is 77.9 Å². The predicted octanol–water partition coefficient (Wildman–Crippen LogP) is 4.50. The van der Waals surface area contributed by atoms with Crippen LogP contribution in [0, 0.1) is 6.92 Å². The van der Waals surface area contributed by atoms with Gasteiger partial charge in [-0.15, -0.1) is 11.8 Å². The molecule has 0 aliphatic heterocycles. The summed E-state index contributed by atoms with van der Waals surface area (Å²) in [6, 6.07) is 10.8. The first-order chi connectivity index (χ1) is 15.0. The molecule has 32 heavy (non-hydrogen) atoms. The summed E-state index contributed by atoms with van der Waals surface area (Å²) in [5, 5.41) is 0. The molecule has 0 bridgehead atoms. The second-order valence-electron chi connectivity index (χ2n) is 6.86. The number of methoxy groups -OCH3 is 1. The van der Waals surface area contributed by atoms with Gasteiger partial charge in [0.1, 0.15) is 12.2 Å². The molecule has 6 nitrogen and oxygen atoms in total. The first-order valence-electron chi connectivity index (χ1n) is 9.26. The molecule has 1 unspecified atom stereocenters. The molecule has 0 saturated carbocycles. The number of hydrogen-bond acceptors (Lipinski definition) is 6. The van der Waals surface area contributed by atoms with Gasteiger partial charge in [-0.1, -0.05) is 17.7 Å². The lowest BCUT2D eigenvalue weighted by Crippen LogP contribution is -2.17. The second-order valence-corrected chi connectivity index (χ2v) is 9.79. The Hall–Kier alpha value is -2.79. The van der Waals surface area contributed by atoms with E-state index in [2.05, 4.69) is 4.98 Å². The minimum Gasteiger partial charge on any atom is -0.468 e. The number of carbonyl (C=O) groups is 1. The van der Waals surface area contributed by atoms with E-state index in [4.69, 9.17) is 4.74 Å². The molecule has 0 radical (unpaired) electrons. The summed E-state index contributed by atoms with van der Waals surface area (Å²) >= 11 is 1.13. The number of esters is 1. The maximum atomic E-state index is 12.8. The number of alkyl halides is 3. The quantitative estimate of drug-likeness (QED) is 0.363. The van der Waals surface area contributed by atoms with Crippen LogP contribution in [0.1, 0.15) is 22.7 Å². The molecule has 0 amide bonds. The van der Waals surface area contributed by atoms with Crippen molar-refractivity contribution >= 4 is 27.8 Å². The van der Waals surface area contributed by atoms with Crippen molar-refractivity contribution in [1.82, 2.24) is 8.96 Å². The fraction of sp³-hybridized carbons (Fsp3) is 0.238. The van der Waals surface area contributed by atoms with E-state index in [0.29, 0.717) is 4.90 Å². The van der Waals surface area contributed by atoms with Gasteiger partial charge in [-0.3, -0.25) is 4.79 Å². The number of nitrogens with zero attached hydrogens (tertiary/aromatic N) is 2. The highest BCUT2D eigenvalue weighted by atomic mass is 32.2. The lowest BCUT2D eigenvalue weighted by atomic mass is 10.1. The highest BCUT2D eigenvalue weighted by Crippen LogP contribution is 2.32. The number of benzene rings is 2. The van der Waals surface area contributed by atoms with Crippen LogP contribution in [-0.4, -0.2) is 36.2 Å². The molecule has 0 N–H and O–H groups in total. The molecule has 1 atom stereocenters. The molecule has 0 aliphatic carbocycles. The Bertz CT molecular complexity index is 1190. The fourth-order valence-corrected chi connectivity index (χ4v) is 4.94. The van der Waals surface area contributed by atoms with Gasteiger partial charge >= 0.3 is 12.1 Å². The van der Waals surface area contributed by atoms with E-state index >= 15 is 0 Å². The SMILES string of the molecule is COC(=O)C(CSc1ccc(C(F)(F)F)cc1)c1cn(S(=O)(=O)c2ccc(C)cc2)cn1. The monoisotopic (exact) mass is 484 g/mol. The van der Waals surface area contributed by atoms with Crippen molar-refractivity contribution in [2.24, 2.45) is 0 Å². The van der Waals surface area contributed by atoms with Crippen molar-refractivity contribution in [2.75, 3.05) is 12.9 Å². The topological polar surface area (TPSA) is 78.3 Å². The Morgan fingerprint density at radius 1 is 1.12 bits per heavy atom. The third-order valence-electron chi connectivity index (χ3n) is 4.62. The molecule has 0 saturated heterocycles. The summed E-state index contributed by atoms with van der Waals surface area (Å²) in [6.45, 7) is 1.83. The number of thioether (sulfide) groups is 1. The largest absolute Gasteiger partial charge is 0.468 e. The Morgan fingerprint density at radius 2 is 1.75 bits per heavy atom. The van der Waals surface area contributed by atoms with E-state index in [-0.39, 0.29) is 16.3 Å². The van der Waals surface area contributed by atoms with Gasteiger partial charge in [0, 0.05) is 16.8 Å². The predicted molar refractivity (Wildman–Crippen MR) is 113 cm³/mol. The molecule has 1 heterocycles. The van der Waals surface area contributed by atoms with Crippen LogP contribution < -0.4 is 0 Å². The van der Waals surface area contributed by atoms with Crippen LogP contribution in [0.4, 0.5) is 13.2 Å². The van der Waals surface area contributed by atoms with Crippen LogP contribution in [0.3, 0.4) is 0 Å². The van der Waals surface area contributed by atoms with E-state index in [1.54, 1.807) is 12.1 Å². The number of hydrogen-bond donors (Lipinski definition) is 0. The molecule has 2 aromatic carbocycles. The lowest BCUT2D eigenvalue weighted by molar-refractivity contribution is -0.142. The van der Waals surface area contributed by atoms with Crippen LogP contribution in [0.15, 0.2) is 70.8 Å². The smallest absolute Gasteiger partial charge is 0.416 e. The Balaban J connectivity index is 1.81. The standard InChI is InChI=1S/C21H19F3N2O4S2/c1-14-3-9-17(10-4-14)32(28,29)26-11-19(25-13-26)18(20(27)30-2)12-31-16-7-5-15(6-8-16)21(22,23)24/h3-11,13,18H,12H2,1-2H3. The minimum atomic E-state index is -4.44. The zero-order valence-electron chi connectivity index (χ0n) is 17.0. The van der Waals surface area contributed by atoms with Gasteiger partial charge < -0.3 is 4.74 Å². The molecule has 3 aromatic rings. The second kappa shape index (κ2) is 9.37. The van der Waals surface area contributed by atoms with Gasteiger partial charge in [0.2, 0.25) is 0 Å². The fourth-order valence-electron chi connectivity index (χ4n) is 2.80. The van der Waals surface area contributed by atoms with E-state index in [1.165, 1.54) is 37.6 Å². The molecular weight excluding hydrogens is 465 g/mol. The van der Waals surface area contributed by atoms with Gasteiger partial charge in [-0.05, 0) is 43.3 Å². The number of imidazole rings is 1. The summed E-state index contributed by atoms with van der Waals surface area (Å²) < 4.78 is 69.5. The number of carbonyl (C=O) groups excluding carboxylic acids is 1. The third-order valence-corrected chi connectivity index (χ3v) is 7.35. The third kappa shape index (κ3) is 5.33. The number of aromatic nitrogens is 2. The molecule has 170 valence electrons. The number of halogens is 3. The van der Waals surface area contributed by atoms with Gasteiger partial charge in [0.25, 0.3) is 10.0 Å². The lowest BCUT2D eigenvalue weighted by Gasteiger charge is -2.13. The van der Waals surface area contributed by atoms with Crippen LogP contribution in [-0.2, 0) is 25.7 Å². The number of rotatable bonds is 7. The van der Waals surface area contributed by atoms with Crippen molar-refractivity contribution in [3.8, 4) is 0 Å². The van der Waals surface area contributed by atoms with Gasteiger partial charge in [-0.2, -0.15) is 13.2 Å². The molecule has 3 rings (SSSR count). The molecule has 0 aliphatic rings. The van der Waals surface area contributed by atoms with Crippen molar-refractivity contribution < 1.29 is 31.1 Å². The maximum Gasteiger partial charge on any atom is 0.416 e. The van der Waals surface area contributed by atoms with Crippen LogP contribution in [0.2, 0.25) is 0 Å². The van der Waals surface area contributed by atoms with Crippen LogP contribution in [0.25, 0.3) is 0 Å². The van der Waals surface area contributed by atoms with Gasteiger partial charge in [-0.25, -0.2) is 17.4 Å². The first kappa shape index (κ1) is 23.9. The number of aryl methyl sites for hydroxylation is 1. The average Bonchev–Trinajstić information content (AvgIpc) is 3.24. The van der Waals surface area contributed by atoms with E-state index < -0.39 is 33.7 Å². The van der Waals surface area contributed by atoms with Gasteiger partial charge in [0.05, 0.1) is 23.3 Å². The van der Waals surface area contributed by atoms with Crippen molar-refractivity contribution in [3.63, 3.8) is 0 Å². The zero-order chi connectivity index (χ0) is 23.5. The molecular formula is C21H19F3N2O4S2. The van der Waals surface area contributed by atoms with Crippen molar-refractivity contribution in [1.29, 1.82) is 0 Å². The van der Waals surface area contributed by atoms with Crippen molar-refractivity contribution in [2.45, 2.75) is 28.8 Å². The van der Waals surface area contributed by atoms with E-state index in [1.807, 2.05) is 6.92 Å². The zero-order valence-corrected chi connectivity index (χ0v) is 18.7. The highest BCUT2D eigenvalue weighted by molar-refractivity contribution is 7.99. The minimum absolute atomic E-state index is 0.0702. The maximum absolute atomic E-state index is 12.8. The summed E-state index contributed by atoms with van der Waals surface area (Å²) in [5.74, 6) is -1.45. The van der Waals surface area contributed by atoms with E-state index in [9.17, 15) is 26.4 Å². The summed E-state index contributed by atoms with van der Waals surface area (Å²) in [4.78, 5) is 17.0. The molecule has 1 aromatic heterocycles. The Labute approximate surface area is 187 Å². The normalized spacial score (nSPS) is 13.0. The average molecular weight is 485 g/mol. The van der Waals surface area contributed by atoms with Crippen LogP contribution in [0.5, 0.6) is 0 Å². The Kier molecular flexibility index (Phi) is 6.99. The molecule has 0 spiro atoms. The summed E-state index contributed by atoms with van der Waals surface area (Å²) in [7, 11) is -2.71. The first-order valence-corrected chi connectivity index (χ1v) is 11.7. The summed E-state index contributed by atoms with van der Waals surface area (Å²) in [5.41, 5.74) is 0.305. The molecule has 0 fully saturated rings. The van der Waals surface area contributed by atoms with E-state index in [0.717, 1.165) is 39.8 Å². The van der Waals surface area contributed by atoms with Gasteiger partial charge in [0.15, 0.2) is 0 Å². The van der Waals surface area contributed by atoms with Crippen LogP contribution >= 0.6 is 11.8 Å². The highest BCUT2D eigenvalue weighted by Gasteiger charge is 2.30. The molecule has 11 heteroatoms.